The highest BCUT2D eigenvalue weighted by molar-refractivity contribution is 5.85. The summed E-state index contributed by atoms with van der Waals surface area (Å²) in [6.45, 7) is 2.16. The molecule has 1 aliphatic heterocycles. The Balaban J connectivity index is 1.70. The van der Waals surface area contributed by atoms with Crippen molar-refractivity contribution >= 4 is 17.6 Å². The Bertz CT molecular complexity index is 853. The van der Waals surface area contributed by atoms with Gasteiger partial charge in [-0.3, -0.25) is 4.79 Å². The van der Waals surface area contributed by atoms with Crippen LogP contribution in [0.3, 0.4) is 0 Å². The number of hydrogen-bond acceptors (Lipinski definition) is 7. The molecule has 3 rings (SSSR count). The summed E-state index contributed by atoms with van der Waals surface area (Å²) < 4.78 is 7.29. The number of hydrogen-bond donors (Lipinski definition) is 1. The number of pyridine rings is 1. The zero-order valence-electron chi connectivity index (χ0n) is 14.7. The number of likely N-dealkylation sites (N-methyl/N-ethyl adjacent to an activating group) is 1. The Labute approximate surface area is 150 Å². The number of ether oxygens (including phenoxy) is 1. The van der Waals surface area contributed by atoms with E-state index >= 15 is 0 Å². The fourth-order valence-corrected chi connectivity index (χ4v) is 2.89. The molecule has 0 aliphatic carbocycles. The van der Waals surface area contributed by atoms with E-state index in [2.05, 4.69) is 9.97 Å². The molecule has 0 amide bonds. The van der Waals surface area contributed by atoms with Crippen LogP contribution in [0, 0.1) is 0 Å². The number of nitrogens with zero attached hydrogens (tertiary/aromatic N) is 5. The molecule has 0 radical (unpaired) electrons. The molecule has 0 saturated carbocycles. The Morgan fingerprint density at radius 3 is 3.04 bits per heavy atom. The maximum absolute atomic E-state index is 12.2. The van der Waals surface area contributed by atoms with Gasteiger partial charge in [0.2, 0.25) is 0 Å². The number of rotatable bonds is 5. The topological polar surface area (TPSA) is 101 Å². The van der Waals surface area contributed by atoms with Gasteiger partial charge >= 0.3 is 5.97 Å². The van der Waals surface area contributed by atoms with Gasteiger partial charge in [-0.1, -0.05) is 6.07 Å². The van der Waals surface area contributed by atoms with Crippen molar-refractivity contribution in [3.05, 3.63) is 46.6 Å². The van der Waals surface area contributed by atoms with Crippen LogP contribution in [0.2, 0.25) is 0 Å². The van der Waals surface area contributed by atoms with E-state index in [0.29, 0.717) is 37.9 Å². The minimum Gasteiger partial charge on any atom is -0.477 e. The molecule has 2 aromatic heterocycles. The van der Waals surface area contributed by atoms with E-state index in [4.69, 9.17) is 9.84 Å². The summed E-state index contributed by atoms with van der Waals surface area (Å²) in [7, 11) is 3.48. The summed E-state index contributed by atoms with van der Waals surface area (Å²) in [4.78, 5) is 35.4. The maximum atomic E-state index is 12.2. The largest absolute Gasteiger partial charge is 0.477 e. The molecule has 26 heavy (non-hydrogen) atoms. The lowest BCUT2D eigenvalue weighted by Gasteiger charge is -2.35. The third kappa shape index (κ3) is 3.83. The van der Waals surface area contributed by atoms with Crippen molar-refractivity contribution < 1.29 is 14.6 Å². The molecule has 1 aliphatic rings. The first-order valence-corrected chi connectivity index (χ1v) is 8.25. The van der Waals surface area contributed by atoms with Crippen molar-refractivity contribution in [2.24, 2.45) is 7.05 Å². The third-order valence-corrected chi connectivity index (χ3v) is 4.25. The second kappa shape index (κ2) is 7.52. The summed E-state index contributed by atoms with van der Waals surface area (Å²) in [5.74, 6) is -0.0845. The van der Waals surface area contributed by atoms with E-state index in [1.807, 2.05) is 4.90 Å². The van der Waals surface area contributed by atoms with Crippen LogP contribution in [0.15, 0.2) is 35.4 Å². The van der Waals surface area contributed by atoms with Crippen LogP contribution in [-0.2, 0) is 11.8 Å². The molecule has 0 spiro atoms. The molecule has 9 nitrogen and oxygen atoms in total. The molecule has 0 aromatic carbocycles. The standard InChI is InChI=1S/C17H21N5O4/c1-20-7-6-18-15(16(20)23)21(2)10-12-11-22(8-9-26-12)14-5-3-4-13(19-14)17(24)25/h3-7,12H,8-11H2,1-2H3,(H,24,25). The van der Waals surface area contributed by atoms with Crippen molar-refractivity contribution in [1.29, 1.82) is 0 Å². The zero-order valence-corrected chi connectivity index (χ0v) is 14.7. The first-order chi connectivity index (χ1) is 12.5. The van der Waals surface area contributed by atoms with E-state index < -0.39 is 5.97 Å². The average Bonchev–Trinajstić information content (AvgIpc) is 2.64. The number of anilines is 2. The summed E-state index contributed by atoms with van der Waals surface area (Å²) in [5, 5.41) is 9.10. The van der Waals surface area contributed by atoms with Crippen molar-refractivity contribution in [1.82, 2.24) is 14.5 Å². The van der Waals surface area contributed by atoms with E-state index in [-0.39, 0.29) is 17.4 Å². The Kier molecular flexibility index (Phi) is 5.17. The van der Waals surface area contributed by atoms with Crippen LogP contribution in [0.25, 0.3) is 0 Å². The van der Waals surface area contributed by atoms with Crippen LogP contribution in [0.1, 0.15) is 10.5 Å². The summed E-state index contributed by atoms with van der Waals surface area (Å²) in [6.07, 6.45) is 3.04. The quantitative estimate of drug-likeness (QED) is 0.809. The van der Waals surface area contributed by atoms with E-state index in [1.54, 1.807) is 43.5 Å². The van der Waals surface area contributed by atoms with Crippen molar-refractivity contribution in [2.75, 3.05) is 43.1 Å². The SMILES string of the molecule is CN(CC1CN(c2cccc(C(=O)O)n2)CCO1)c1nccn(C)c1=O. The lowest BCUT2D eigenvalue weighted by Crippen LogP contribution is -2.48. The molecule has 0 bridgehead atoms. The van der Waals surface area contributed by atoms with Crippen molar-refractivity contribution in [2.45, 2.75) is 6.10 Å². The van der Waals surface area contributed by atoms with Crippen LogP contribution in [0.4, 0.5) is 11.6 Å². The molecule has 9 heteroatoms. The van der Waals surface area contributed by atoms with Gasteiger partial charge < -0.3 is 24.2 Å². The molecule has 2 aromatic rings. The van der Waals surface area contributed by atoms with Gasteiger partial charge in [0.15, 0.2) is 11.5 Å². The van der Waals surface area contributed by atoms with Gasteiger partial charge in [0, 0.05) is 46.1 Å². The van der Waals surface area contributed by atoms with E-state index in [9.17, 15) is 9.59 Å². The van der Waals surface area contributed by atoms with Gasteiger partial charge in [0.1, 0.15) is 5.82 Å². The Morgan fingerprint density at radius 2 is 2.27 bits per heavy atom. The van der Waals surface area contributed by atoms with Gasteiger partial charge in [-0.05, 0) is 12.1 Å². The predicted molar refractivity (Wildman–Crippen MR) is 95.9 cm³/mol. The monoisotopic (exact) mass is 359 g/mol. The second-order valence-corrected chi connectivity index (χ2v) is 6.17. The van der Waals surface area contributed by atoms with Gasteiger partial charge in [-0.2, -0.15) is 0 Å². The van der Waals surface area contributed by atoms with Gasteiger partial charge in [0.25, 0.3) is 5.56 Å². The fourth-order valence-electron chi connectivity index (χ4n) is 2.89. The Hall–Kier alpha value is -2.94. The van der Waals surface area contributed by atoms with Gasteiger partial charge in [0.05, 0.1) is 12.7 Å². The van der Waals surface area contributed by atoms with Crippen LogP contribution in [-0.4, -0.2) is 65.0 Å². The van der Waals surface area contributed by atoms with Crippen molar-refractivity contribution in [3.63, 3.8) is 0 Å². The molecule has 1 N–H and O–H groups in total. The number of carboxylic acids is 1. The summed E-state index contributed by atoms with van der Waals surface area (Å²) in [5.41, 5.74) is -0.155. The molecule has 3 heterocycles. The number of carboxylic acid groups (broad SMARTS) is 1. The number of aromatic carboxylic acids is 1. The molecule has 1 saturated heterocycles. The average molecular weight is 359 g/mol. The van der Waals surface area contributed by atoms with Gasteiger partial charge in [-0.15, -0.1) is 0 Å². The van der Waals surface area contributed by atoms with Crippen LogP contribution < -0.4 is 15.4 Å². The lowest BCUT2D eigenvalue weighted by molar-refractivity contribution is 0.0455. The van der Waals surface area contributed by atoms with E-state index in [1.165, 1.54) is 10.6 Å². The first kappa shape index (κ1) is 17.9. The predicted octanol–water partition coefficient (Wildman–Crippen LogP) is 0.215. The Morgan fingerprint density at radius 1 is 1.46 bits per heavy atom. The normalized spacial score (nSPS) is 17.2. The highest BCUT2D eigenvalue weighted by atomic mass is 16.5. The molecular weight excluding hydrogens is 338 g/mol. The fraction of sp³-hybridized carbons (Fsp3) is 0.412. The minimum absolute atomic E-state index is 0.0136. The number of aromatic nitrogens is 3. The first-order valence-electron chi connectivity index (χ1n) is 8.25. The minimum atomic E-state index is -1.05. The van der Waals surface area contributed by atoms with Crippen molar-refractivity contribution in [3.8, 4) is 0 Å². The third-order valence-electron chi connectivity index (χ3n) is 4.25. The van der Waals surface area contributed by atoms with Crippen LogP contribution in [0.5, 0.6) is 0 Å². The molecule has 1 unspecified atom stereocenters. The highest BCUT2D eigenvalue weighted by Gasteiger charge is 2.24. The number of morpholine rings is 1. The number of aryl methyl sites for hydroxylation is 1. The highest BCUT2D eigenvalue weighted by Crippen LogP contribution is 2.17. The number of carbonyl (C=O) groups is 1. The lowest BCUT2D eigenvalue weighted by atomic mass is 10.2. The maximum Gasteiger partial charge on any atom is 0.354 e. The van der Waals surface area contributed by atoms with Gasteiger partial charge in [-0.25, -0.2) is 14.8 Å². The second-order valence-electron chi connectivity index (χ2n) is 6.17. The molecule has 1 atom stereocenters. The van der Waals surface area contributed by atoms with E-state index in [0.717, 1.165) is 0 Å². The summed E-state index contributed by atoms with van der Waals surface area (Å²) in [6, 6.07) is 4.93. The summed E-state index contributed by atoms with van der Waals surface area (Å²) >= 11 is 0. The molecule has 138 valence electrons. The zero-order chi connectivity index (χ0) is 18.7. The smallest absolute Gasteiger partial charge is 0.354 e. The molecule has 1 fully saturated rings. The molecular formula is C17H21N5O4. The van der Waals surface area contributed by atoms with Crippen LogP contribution >= 0.6 is 0 Å².